The molecule has 3 rings (SSSR count). The maximum Gasteiger partial charge on any atom is 0.340 e. The molecule has 2 aliphatic heterocycles. The first-order valence-electron chi connectivity index (χ1n) is 6.08. The first kappa shape index (κ1) is 12.8. The van der Waals surface area contributed by atoms with Gasteiger partial charge in [-0.3, -0.25) is 4.79 Å². The molecular weight excluding hydrogens is 272 g/mol. The van der Waals surface area contributed by atoms with Crippen LogP contribution in [-0.2, 0) is 14.3 Å². The summed E-state index contributed by atoms with van der Waals surface area (Å²) < 4.78 is 32.5. The van der Waals surface area contributed by atoms with Crippen molar-refractivity contribution in [3.63, 3.8) is 0 Å². The zero-order valence-electron chi connectivity index (χ0n) is 10.5. The Morgan fingerprint density at radius 1 is 1.50 bits per heavy atom. The number of carbonyl (C=O) groups excluding carboxylic acids is 1. The van der Waals surface area contributed by atoms with Crippen LogP contribution in [0.4, 0.5) is 8.78 Å². The van der Waals surface area contributed by atoms with Gasteiger partial charge in [0.2, 0.25) is 0 Å². The van der Waals surface area contributed by atoms with E-state index in [0.29, 0.717) is 0 Å². The van der Waals surface area contributed by atoms with Gasteiger partial charge in [0.25, 0.3) is 0 Å². The predicted octanol–water partition coefficient (Wildman–Crippen LogP) is 1.29. The number of hydrogen-bond acceptors (Lipinski definition) is 4. The Labute approximate surface area is 112 Å². The molecule has 20 heavy (non-hydrogen) atoms. The molecule has 0 saturated carbocycles. The van der Waals surface area contributed by atoms with Gasteiger partial charge in [-0.05, 0) is 13.0 Å². The fourth-order valence-electron chi connectivity index (χ4n) is 2.75. The van der Waals surface area contributed by atoms with E-state index in [-0.39, 0.29) is 18.4 Å². The number of halogens is 2. The van der Waals surface area contributed by atoms with Crippen LogP contribution >= 0.6 is 0 Å². The van der Waals surface area contributed by atoms with E-state index in [4.69, 9.17) is 9.84 Å². The van der Waals surface area contributed by atoms with E-state index in [1.54, 1.807) is 11.8 Å². The van der Waals surface area contributed by atoms with E-state index in [2.05, 4.69) is 0 Å². The first-order chi connectivity index (χ1) is 9.41. The van der Waals surface area contributed by atoms with Gasteiger partial charge in [-0.2, -0.15) is 4.39 Å². The molecule has 1 N–H and O–H groups in total. The van der Waals surface area contributed by atoms with Gasteiger partial charge in [0, 0.05) is 6.20 Å². The van der Waals surface area contributed by atoms with Crippen molar-refractivity contribution in [3.8, 4) is 0 Å². The molecule has 2 heterocycles. The summed E-state index contributed by atoms with van der Waals surface area (Å²) in [4.78, 5) is 24.8. The van der Waals surface area contributed by atoms with Crippen molar-refractivity contribution in [3.05, 3.63) is 35.3 Å². The summed E-state index contributed by atoms with van der Waals surface area (Å²) in [5.41, 5.74) is -0.425. The summed E-state index contributed by atoms with van der Waals surface area (Å²) in [6, 6.07) is -1.05. The molecule has 106 valence electrons. The highest BCUT2D eigenvalue weighted by Gasteiger charge is 2.49. The zero-order chi connectivity index (χ0) is 14.6. The number of carbonyl (C=O) groups is 2. The third-order valence-corrected chi connectivity index (χ3v) is 3.75. The van der Waals surface area contributed by atoms with Crippen LogP contribution < -0.4 is 0 Å². The highest BCUT2D eigenvalue weighted by Crippen LogP contribution is 2.41. The minimum atomic E-state index is -1.38. The van der Waals surface area contributed by atoms with Crippen LogP contribution in [-0.4, -0.2) is 40.4 Å². The van der Waals surface area contributed by atoms with Crippen molar-refractivity contribution in [1.82, 2.24) is 4.90 Å². The number of Topliss-reactive ketones (excluding diaryl/α,β-unsaturated/α-hetero) is 1. The van der Waals surface area contributed by atoms with Crippen molar-refractivity contribution in [2.24, 2.45) is 5.92 Å². The summed E-state index contributed by atoms with van der Waals surface area (Å²) >= 11 is 0. The van der Waals surface area contributed by atoms with Gasteiger partial charge in [-0.1, -0.05) is 0 Å². The minimum Gasteiger partial charge on any atom is -0.490 e. The van der Waals surface area contributed by atoms with Gasteiger partial charge in [-0.15, -0.1) is 0 Å². The van der Waals surface area contributed by atoms with Crippen LogP contribution in [0.25, 0.3) is 0 Å². The summed E-state index contributed by atoms with van der Waals surface area (Å²) in [5, 5.41) is 9.05. The molecule has 0 unspecified atom stereocenters. The largest absolute Gasteiger partial charge is 0.490 e. The number of carboxylic acids is 1. The Kier molecular flexibility index (Phi) is 2.67. The number of ether oxygens (including phenoxy) is 1. The third-order valence-electron chi connectivity index (χ3n) is 3.75. The number of rotatable bonds is 1. The topological polar surface area (TPSA) is 66.8 Å². The maximum absolute atomic E-state index is 13.8. The van der Waals surface area contributed by atoms with Gasteiger partial charge in [-0.25, -0.2) is 9.18 Å². The Balaban J connectivity index is 2.17. The van der Waals surface area contributed by atoms with Crippen molar-refractivity contribution < 1.29 is 28.2 Å². The smallest absolute Gasteiger partial charge is 0.340 e. The van der Waals surface area contributed by atoms with E-state index in [0.717, 1.165) is 6.08 Å². The number of ketones is 1. The molecular formula is C13H11F2NO4. The number of hydrogen-bond donors (Lipinski definition) is 1. The second-order valence-electron chi connectivity index (χ2n) is 4.98. The predicted molar refractivity (Wildman–Crippen MR) is 62.6 cm³/mol. The molecule has 3 aliphatic rings. The molecule has 1 fully saturated rings. The Bertz CT molecular complexity index is 607. The maximum atomic E-state index is 13.8. The molecule has 0 aromatic rings. The molecule has 1 saturated heterocycles. The molecule has 0 aromatic heterocycles. The summed E-state index contributed by atoms with van der Waals surface area (Å²) in [7, 11) is 0. The Morgan fingerprint density at radius 2 is 2.20 bits per heavy atom. The van der Waals surface area contributed by atoms with Crippen molar-refractivity contribution in [1.29, 1.82) is 0 Å². The molecule has 0 amide bonds. The Morgan fingerprint density at radius 3 is 2.85 bits per heavy atom. The van der Waals surface area contributed by atoms with Crippen molar-refractivity contribution >= 4 is 11.8 Å². The van der Waals surface area contributed by atoms with Crippen molar-refractivity contribution in [2.75, 3.05) is 6.61 Å². The van der Waals surface area contributed by atoms with E-state index in [1.165, 1.54) is 6.20 Å². The molecule has 0 radical (unpaired) electrons. The average Bonchev–Trinajstić information content (AvgIpc) is 2.39. The van der Waals surface area contributed by atoms with E-state index in [1.807, 2.05) is 0 Å². The summed E-state index contributed by atoms with van der Waals surface area (Å²) in [5.74, 6) is -5.74. The highest BCUT2D eigenvalue weighted by molar-refractivity contribution is 6.18. The van der Waals surface area contributed by atoms with Crippen molar-refractivity contribution in [2.45, 2.75) is 19.0 Å². The quantitative estimate of drug-likeness (QED) is 0.735. The first-order valence-corrected chi connectivity index (χ1v) is 6.08. The molecule has 5 nitrogen and oxygen atoms in total. The fourth-order valence-corrected chi connectivity index (χ4v) is 2.75. The van der Waals surface area contributed by atoms with Gasteiger partial charge < -0.3 is 14.7 Å². The lowest BCUT2D eigenvalue weighted by atomic mass is 9.81. The fraction of sp³-hybridized carbons (Fsp3) is 0.385. The number of nitrogens with zero attached hydrogens (tertiary/aromatic N) is 1. The molecule has 3 atom stereocenters. The van der Waals surface area contributed by atoms with Crippen LogP contribution in [0.1, 0.15) is 6.92 Å². The number of aliphatic carboxylic acids is 1. The third kappa shape index (κ3) is 1.59. The molecule has 0 spiro atoms. The lowest BCUT2D eigenvalue weighted by Gasteiger charge is -2.47. The summed E-state index contributed by atoms with van der Waals surface area (Å²) in [6.45, 7) is 1.85. The molecule has 0 aromatic carbocycles. The zero-order valence-corrected chi connectivity index (χ0v) is 10.5. The van der Waals surface area contributed by atoms with Crippen LogP contribution in [0.15, 0.2) is 35.3 Å². The minimum absolute atomic E-state index is 0.0941. The normalized spacial score (nSPS) is 32.2. The Hall–Kier alpha value is -2.18. The van der Waals surface area contributed by atoms with E-state index in [9.17, 15) is 18.4 Å². The monoisotopic (exact) mass is 283 g/mol. The average molecular weight is 283 g/mol. The number of morpholine rings is 1. The second-order valence-corrected chi connectivity index (χ2v) is 4.98. The van der Waals surface area contributed by atoms with Crippen LogP contribution in [0.2, 0.25) is 0 Å². The highest BCUT2D eigenvalue weighted by atomic mass is 19.2. The van der Waals surface area contributed by atoms with Gasteiger partial charge in [0.05, 0.1) is 12.0 Å². The second kappa shape index (κ2) is 4.16. The summed E-state index contributed by atoms with van der Waals surface area (Å²) in [6.07, 6.45) is 2.03. The van der Waals surface area contributed by atoms with E-state index >= 15 is 0 Å². The van der Waals surface area contributed by atoms with Gasteiger partial charge in [0.15, 0.2) is 23.2 Å². The number of allylic oxidation sites excluding steroid dienone is 2. The van der Waals surface area contributed by atoms with Crippen LogP contribution in [0.3, 0.4) is 0 Å². The standard InChI is InChI=1S/C13H11F2NO4/c1-5-4-20-12-9(15)8(14)2-6-10(12)16(5)3-7(11(6)17)13(18)19/h2-3,5-6,10H,4H2,1H3,(H,18,19)/t5-,6+,10+/m1/s1. The lowest BCUT2D eigenvalue weighted by molar-refractivity contribution is -0.137. The van der Waals surface area contributed by atoms with Crippen LogP contribution in [0, 0.1) is 5.92 Å². The van der Waals surface area contributed by atoms with Gasteiger partial charge >= 0.3 is 5.97 Å². The number of carboxylic acid groups (broad SMARTS) is 1. The SMILES string of the molecule is C[C@@H]1COC2=C(F)C(F)=C[C@@H]3C(=O)C(C(=O)O)=CN1[C@H]23. The van der Waals surface area contributed by atoms with Gasteiger partial charge in [0.1, 0.15) is 18.2 Å². The molecule has 7 heteroatoms. The molecule has 0 bridgehead atoms. The van der Waals surface area contributed by atoms with Crippen LogP contribution in [0.5, 0.6) is 0 Å². The molecule has 1 aliphatic carbocycles. The lowest BCUT2D eigenvalue weighted by Crippen LogP contribution is -2.56. The van der Waals surface area contributed by atoms with E-state index < -0.39 is 40.9 Å².